The first-order valence-corrected chi connectivity index (χ1v) is 8.45. The second-order valence-corrected chi connectivity index (χ2v) is 6.35. The summed E-state index contributed by atoms with van der Waals surface area (Å²) in [6.45, 7) is 5.62. The number of methoxy groups -OCH3 is 1. The minimum Gasteiger partial charge on any atom is -0.468 e. The molecule has 130 valence electrons. The second-order valence-electron chi connectivity index (χ2n) is 6.35. The normalized spacial score (nSPS) is 15.8. The zero-order valence-electron chi connectivity index (χ0n) is 14.5. The van der Waals surface area contributed by atoms with E-state index < -0.39 is 0 Å². The van der Waals surface area contributed by atoms with Crippen molar-refractivity contribution < 1.29 is 9.53 Å². The SMILES string of the molecule is COC(=O)CN1CCN(c2nc3cc(C)nn3c3ccccc23)CC1. The van der Waals surface area contributed by atoms with Crippen molar-refractivity contribution in [2.75, 3.05) is 44.7 Å². The predicted molar refractivity (Wildman–Crippen MR) is 95.9 cm³/mol. The molecule has 0 amide bonds. The highest BCUT2D eigenvalue weighted by molar-refractivity contribution is 5.91. The van der Waals surface area contributed by atoms with E-state index in [2.05, 4.69) is 27.0 Å². The van der Waals surface area contributed by atoms with Gasteiger partial charge in [0, 0.05) is 37.6 Å². The summed E-state index contributed by atoms with van der Waals surface area (Å²) in [6.07, 6.45) is 0. The number of rotatable bonds is 3. The minimum atomic E-state index is -0.187. The van der Waals surface area contributed by atoms with Gasteiger partial charge in [-0.3, -0.25) is 9.69 Å². The third-order valence-electron chi connectivity index (χ3n) is 4.66. The molecule has 25 heavy (non-hydrogen) atoms. The third-order valence-corrected chi connectivity index (χ3v) is 4.66. The molecule has 0 atom stereocenters. The van der Waals surface area contributed by atoms with Crippen LogP contribution in [0.5, 0.6) is 0 Å². The minimum absolute atomic E-state index is 0.187. The van der Waals surface area contributed by atoms with Crippen molar-refractivity contribution in [3.8, 4) is 0 Å². The number of para-hydroxylation sites is 1. The maximum absolute atomic E-state index is 11.5. The van der Waals surface area contributed by atoms with Gasteiger partial charge in [-0.2, -0.15) is 5.10 Å². The van der Waals surface area contributed by atoms with Gasteiger partial charge < -0.3 is 9.64 Å². The summed E-state index contributed by atoms with van der Waals surface area (Å²) in [4.78, 5) is 20.7. The first-order chi connectivity index (χ1) is 12.2. The Morgan fingerprint density at radius 3 is 2.72 bits per heavy atom. The molecule has 1 aliphatic heterocycles. The quantitative estimate of drug-likeness (QED) is 0.674. The zero-order valence-corrected chi connectivity index (χ0v) is 14.5. The molecular formula is C18H21N5O2. The average Bonchev–Trinajstić information content (AvgIpc) is 3.02. The van der Waals surface area contributed by atoms with Crippen molar-refractivity contribution in [1.29, 1.82) is 0 Å². The van der Waals surface area contributed by atoms with Gasteiger partial charge in [0.25, 0.3) is 0 Å². The number of carbonyl (C=O) groups is 1. The maximum Gasteiger partial charge on any atom is 0.319 e. The number of aromatic nitrogens is 3. The van der Waals surface area contributed by atoms with Crippen molar-refractivity contribution in [2.45, 2.75) is 6.92 Å². The van der Waals surface area contributed by atoms with E-state index in [1.165, 1.54) is 7.11 Å². The smallest absolute Gasteiger partial charge is 0.319 e. The van der Waals surface area contributed by atoms with Gasteiger partial charge in [-0.1, -0.05) is 12.1 Å². The Balaban J connectivity index is 1.66. The van der Waals surface area contributed by atoms with E-state index in [1.807, 2.05) is 29.6 Å². The number of anilines is 1. The molecule has 0 radical (unpaired) electrons. The Labute approximate surface area is 145 Å². The molecule has 0 aliphatic carbocycles. The van der Waals surface area contributed by atoms with Crippen molar-refractivity contribution in [1.82, 2.24) is 19.5 Å². The lowest BCUT2D eigenvalue weighted by Gasteiger charge is -2.35. The molecule has 1 saturated heterocycles. The molecule has 0 spiro atoms. The second kappa shape index (κ2) is 6.33. The summed E-state index contributed by atoms with van der Waals surface area (Å²) in [5, 5.41) is 5.65. The van der Waals surface area contributed by atoms with Gasteiger partial charge in [-0.25, -0.2) is 9.50 Å². The molecular weight excluding hydrogens is 318 g/mol. The number of esters is 1. The molecule has 0 unspecified atom stereocenters. The van der Waals surface area contributed by atoms with Crippen LogP contribution in [0.15, 0.2) is 30.3 Å². The fourth-order valence-corrected chi connectivity index (χ4v) is 3.36. The number of ether oxygens (including phenoxy) is 1. The van der Waals surface area contributed by atoms with Crippen LogP contribution >= 0.6 is 0 Å². The van der Waals surface area contributed by atoms with E-state index in [-0.39, 0.29) is 5.97 Å². The summed E-state index contributed by atoms with van der Waals surface area (Å²) in [7, 11) is 1.43. The molecule has 3 aromatic rings. The molecule has 0 saturated carbocycles. The summed E-state index contributed by atoms with van der Waals surface area (Å²) in [5.74, 6) is 0.800. The summed E-state index contributed by atoms with van der Waals surface area (Å²) < 4.78 is 6.66. The Bertz CT molecular complexity index is 928. The molecule has 0 N–H and O–H groups in total. The van der Waals surface area contributed by atoms with Crippen molar-refractivity contribution in [3.05, 3.63) is 36.0 Å². The number of carbonyl (C=O) groups excluding carboxylic acids is 1. The highest BCUT2D eigenvalue weighted by atomic mass is 16.5. The van der Waals surface area contributed by atoms with Gasteiger partial charge in [0.15, 0.2) is 5.65 Å². The van der Waals surface area contributed by atoms with Gasteiger partial charge in [0.2, 0.25) is 0 Å². The van der Waals surface area contributed by atoms with Gasteiger partial charge >= 0.3 is 5.97 Å². The van der Waals surface area contributed by atoms with Crippen LogP contribution < -0.4 is 4.90 Å². The van der Waals surface area contributed by atoms with E-state index >= 15 is 0 Å². The van der Waals surface area contributed by atoms with E-state index in [0.29, 0.717) is 6.54 Å². The van der Waals surface area contributed by atoms with Crippen LogP contribution in [-0.2, 0) is 9.53 Å². The van der Waals surface area contributed by atoms with E-state index in [4.69, 9.17) is 9.72 Å². The van der Waals surface area contributed by atoms with Crippen LogP contribution in [0.3, 0.4) is 0 Å². The van der Waals surface area contributed by atoms with E-state index in [1.54, 1.807) is 0 Å². The first-order valence-electron chi connectivity index (χ1n) is 8.45. The number of fused-ring (bicyclic) bond motifs is 3. The molecule has 7 nitrogen and oxygen atoms in total. The van der Waals surface area contributed by atoms with Crippen LogP contribution in [0.4, 0.5) is 5.82 Å². The van der Waals surface area contributed by atoms with Gasteiger partial charge in [-0.05, 0) is 19.1 Å². The highest BCUT2D eigenvalue weighted by Crippen LogP contribution is 2.27. The highest BCUT2D eigenvalue weighted by Gasteiger charge is 2.22. The number of hydrogen-bond donors (Lipinski definition) is 0. The molecule has 1 aliphatic rings. The average molecular weight is 339 g/mol. The molecule has 1 fully saturated rings. The molecule has 1 aromatic carbocycles. The Kier molecular flexibility index (Phi) is 4.01. The zero-order chi connectivity index (χ0) is 17.4. The molecule has 0 bridgehead atoms. The number of benzene rings is 1. The lowest BCUT2D eigenvalue weighted by Crippen LogP contribution is -2.48. The number of hydrogen-bond acceptors (Lipinski definition) is 6. The number of nitrogens with zero attached hydrogens (tertiary/aromatic N) is 5. The number of aryl methyl sites for hydroxylation is 1. The van der Waals surface area contributed by atoms with Crippen molar-refractivity contribution >= 4 is 28.3 Å². The standard InChI is InChI=1S/C18H21N5O2/c1-13-11-16-19-18(14-5-3-4-6-15(14)23(16)20-13)22-9-7-21(8-10-22)12-17(24)25-2/h3-6,11H,7-10,12H2,1-2H3. The Morgan fingerprint density at radius 1 is 1.20 bits per heavy atom. The van der Waals surface area contributed by atoms with Crippen LogP contribution in [0.25, 0.3) is 16.6 Å². The summed E-state index contributed by atoms with van der Waals surface area (Å²) >= 11 is 0. The van der Waals surface area contributed by atoms with Gasteiger partial charge in [0.1, 0.15) is 5.82 Å². The van der Waals surface area contributed by atoms with E-state index in [0.717, 1.165) is 54.2 Å². The molecule has 7 heteroatoms. The fraction of sp³-hybridized carbons (Fsp3) is 0.389. The van der Waals surface area contributed by atoms with Crippen LogP contribution in [0, 0.1) is 6.92 Å². The lowest BCUT2D eigenvalue weighted by atomic mass is 10.2. The molecule has 3 heterocycles. The van der Waals surface area contributed by atoms with Gasteiger partial charge in [-0.15, -0.1) is 0 Å². The van der Waals surface area contributed by atoms with Crippen LogP contribution in [-0.4, -0.2) is 65.3 Å². The Hall–Kier alpha value is -2.67. The largest absolute Gasteiger partial charge is 0.468 e. The van der Waals surface area contributed by atoms with Crippen molar-refractivity contribution in [2.24, 2.45) is 0 Å². The van der Waals surface area contributed by atoms with Gasteiger partial charge in [0.05, 0.1) is 24.9 Å². The third kappa shape index (κ3) is 2.91. The van der Waals surface area contributed by atoms with Crippen LogP contribution in [0.1, 0.15) is 5.69 Å². The molecule has 2 aromatic heterocycles. The summed E-state index contributed by atoms with van der Waals surface area (Å²) in [6, 6.07) is 10.2. The predicted octanol–water partition coefficient (Wildman–Crippen LogP) is 1.49. The monoisotopic (exact) mass is 339 g/mol. The summed E-state index contributed by atoms with van der Waals surface area (Å²) in [5.41, 5.74) is 2.88. The van der Waals surface area contributed by atoms with Crippen molar-refractivity contribution in [3.63, 3.8) is 0 Å². The maximum atomic E-state index is 11.5. The first kappa shape index (κ1) is 15.8. The molecule has 4 rings (SSSR count). The van der Waals surface area contributed by atoms with Crippen LogP contribution in [0.2, 0.25) is 0 Å². The Morgan fingerprint density at radius 2 is 1.96 bits per heavy atom. The van der Waals surface area contributed by atoms with E-state index in [9.17, 15) is 4.79 Å². The fourth-order valence-electron chi connectivity index (χ4n) is 3.36. The topological polar surface area (TPSA) is 63.0 Å². The lowest BCUT2D eigenvalue weighted by molar-refractivity contribution is -0.142. The number of piperazine rings is 1.